The fourth-order valence-corrected chi connectivity index (χ4v) is 4.14. The summed E-state index contributed by atoms with van der Waals surface area (Å²) in [6.07, 6.45) is 1.82. The normalized spacial score (nSPS) is 14.3. The average Bonchev–Trinajstić information content (AvgIpc) is 3.23. The Balaban J connectivity index is 1.41. The predicted molar refractivity (Wildman–Crippen MR) is 121 cm³/mol. The first-order valence-corrected chi connectivity index (χ1v) is 10.6. The molecule has 0 saturated carbocycles. The van der Waals surface area contributed by atoms with Crippen LogP contribution in [0.4, 0.5) is 5.82 Å². The van der Waals surface area contributed by atoms with Gasteiger partial charge in [0.05, 0.1) is 27.9 Å². The van der Waals surface area contributed by atoms with Crippen molar-refractivity contribution in [3.05, 3.63) is 77.2 Å². The number of carbonyl (C=O) groups is 1. The molecule has 1 amide bonds. The van der Waals surface area contributed by atoms with Crippen LogP contribution in [-0.4, -0.2) is 56.7 Å². The van der Waals surface area contributed by atoms with E-state index in [4.69, 9.17) is 16.6 Å². The number of carbonyl (C=O) groups excluding carboxylic acids is 1. The van der Waals surface area contributed by atoms with Gasteiger partial charge in [-0.25, -0.2) is 14.6 Å². The Morgan fingerprint density at radius 3 is 2.39 bits per heavy atom. The second kappa shape index (κ2) is 8.00. The Morgan fingerprint density at radius 1 is 0.935 bits per heavy atom. The van der Waals surface area contributed by atoms with Gasteiger partial charge >= 0.3 is 0 Å². The van der Waals surface area contributed by atoms with Gasteiger partial charge in [0.2, 0.25) is 0 Å². The lowest BCUT2D eigenvalue weighted by molar-refractivity contribution is 0.0747. The van der Waals surface area contributed by atoms with Crippen molar-refractivity contribution >= 4 is 34.4 Å². The zero-order valence-electron chi connectivity index (χ0n) is 17.1. The molecule has 31 heavy (non-hydrogen) atoms. The standard InChI is InChI=1S/C23H21ClN6O/c1-16-26-21(19-15-25-30(22(19)27-16)17-7-3-2-4-8-17)28-11-13-29(14-12-28)23(31)18-9-5-6-10-20(18)24/h2-10,15H,11-14H2,1H3. The first-order chi connectivity index (χ1) is 15.1. The van der Waals surface area contributed by atoms with Crippen LogP contribution in [0, 0.1) is 6.92 Å². The van der Waals surface area contributed by atoms with Gasteiger partial charge < -0.3 is 9.80 Å². The molecule has 1 saturated heterocycles. The maximum atomic E-state index is 12.9. The summed E-state index contributed by atoms with van der Waals surface area (Å²) in [6, 6.07) is 17.1. The van der Waals surface area contributed by atoms with E-state index in [9.17, 15) is 4.79 Å². The third-order valence-corrected chi connectivity index (χ3v) is 5.82. The fraction of sp³-hybridized carbons (Fsp3) is 0.217. The molecule has 2 aromatic carbocycles. The smallest absolute Gasteiger partial charge is 0.255 e. The highest BCUT2D eigenvalue weighted by atomic mass is 35.5. The number of hydrogen-bond acceptors (Lipinski definition) is 5. The van der Waals surface area contributed by atoms with Crippen molar-refractivity contribution in [2.75, 3.05) is 31.1 Å². The molecule has 0 N–H and O–H groups in total. The van der Waals surface area contributed by atoms with E-state index >= 15 is 0 Å². The van der Waals surface area contributed by atoms with Crippen molar-refractivity contribution in [3.8, 4) is 5.69 Å². The van der Waals surface area contributed by atoms with Gasteiger partial charge in [0.15, 0.2) is 5.65 Å². The molecule has 0 bridgehead atoms. The van der Waals surface area contributed by atoms with Gasteiger partial charge in [0.1, 0.15) is 11.6 Å². The molecule has 1 aliphatic rings. The first-order valence-electron chi connectivity index (χ1n) is 10.2. The molecule has 4 aromatic rings. The van der Waals surface area contributed by atoms with Crippen LogP contribution in [0.1, 0.15) is 16.2 Å². The Morgan fingerprint density at radius 2 is 1.65 bits per heavy atom. The monoisotopic (exact) mass is 432 g/mol. The molecule has 5 rings (SSSR count). The molecule has 1 fully saturated rings. The Kier molecular flexibility index (Phi) is 5.03. The highest BCUT2D eigenvalue weighted by Crippen LogP contribution is 2.27. The summed E-state index contributed by atoms with van der Waals surface area (Å²) in [7, 11) is 0. The predicted octanol–water partition coefficient (Wildman–Crippen LogP) is 3.74. The third kappa shape index (κ3) is 3.61. The molecule has 0 spiro atoms. The maximum Gasteiger partial charge on any atom is 0.255 e. The number of aryl methyl sites for hydroxylation is 1. The number of amides is 1. The quantitative estimate of drug-likeness (QED) is 0.493. The summed E-state index contributed by atoms with van der Waals surface area (Å²) >= 11 is 6.21. The van der Waals surface area contributed by atoms with E-state index in [1.807, 2.05) is 65.2 Å². The molecule has 0 aliphatic carbocycles. The van der Waals surface area contributed by atoms with Gasteiger partial charge in [-0.1, -0.05) is 41.9 Å². The van der Waals surface area contributed by atoms with Crippen LogP contribution < -0.4 is 4.90 Å². The van der Waals surface area contributed by atoms with Crippen molar-refractivity contribution < 1.29 is 4.79 Å². The summed E-state index contributed by atoms with van der Waals surface area (Å²) in [4.78, 5) is 26.3. The lowest BCUT2D eigenvalue weighted by atomic mass is 10.1. The number of halogens is 1. The fourth-order valence-electron chi connectivity index (χ4n) is 3.92. The van der Waals surface area contributed by atoms with Crippen LogP contribution >= 0.6 is 11.6 Å². The van der Waals surface area contributed by atoms with Gasteiger partial charge in [-0.3, -0.25) is 4.79 Å². The van der Waals surface area contributed by atoms with Gasteiger partial charge in [0.25, 0.3) is 5.91 Å². The summed E-state index contributed by atoms with van der Waals surface area (Å²) in [5.41, 5.74) is 2.28. The number of nitrogens with zero attached hydrogens (tertiary/aromatic N) is 6. The van der Waals surface area contributed by atoms with E-state index < -0.39 is 0 Å². The van der Waals surface area contributed by atoms with Crippen molar-refractivity contribution in [3.63, 3.8) is 0 Å². The molecule has 0 unspecified atom stereocenters. The van der Waals surface area contributed by atoms with E-state index in [-0.39, 0.29) is 5.91 Å². The van der Waals surface area contributed by atoms with Crippen LogP contribution in [0.2, 0.25) is 5.02 Å². The average molecular weight is 433 g/mol. The second-order valence-electron chi connectivity index (χ2n) is 7.48. The van der Waals surface area contributed by atoms with Crippen molar-refractivity contribution in [2.45, 2.75) is 6.92 Å². The topological polar surface area (TPSA) is 67.2 Å². The highest BCUT2D eigenvalue weighted by molar-refractivity contribution is 6.33. The lowest BCUT2D eigenvalue weighted by Gasteiger charge is -2.35. The number of benzene rings is 2. The number of piperazine rings is 1. The van der Waals surface area contributed by atoms with Crippen LogP contribution in [0.5, 0.6) is 0 Å². The second-order valence-corrected chi connectivity index (χ2v) is 7.89. The van der Waals surface area contributed by atoms with Crippen molar-refractivity contribution in [2.24, 2.45) is 0 Å². The molecule has 8 heteroatoms. The molecule has 3 heterocycles. The minimum absolute atomic E-state index is 0.0360. The first kappa shape index (κ1) is 19.5. The minimum Gasteiger partial charge on any atom is -0.352 e. The van der Waals surface area contributed by atoms with Crippen LogP contribution in [0.25, 0.3) is 16.7 Å². The van der Waals surface area contributed by atoms with E-state index in [2.05, 4.69) is 15.0 Å². The van der Waals surface area contributed by atoms with Crippen molar-refractivity contribution in [1.82, 2.24) is 24.6 Å². The molecule has 0 atom stereocenters. The SMILES string of the molecule is Cc1nc(N2CCN(C(=O)c3ccccc3Cl)CC2)c2cnn(-c3ccccc3)c2n1. The molecule has 2 aromatic heterocycles. The Labute approximate surface area is 184 Å². The summed E-state index contributed by atoms with van der Waals surface area (Å²) < 4.78 is 1.84. The number of fused-ring (bicyclic) bond motifs is 1. The van der Waals surface area contributed by atoms with Crippen LogP contribution in [0.15, 0.2) is 60.8 Å². The molecule has 0 radical (unpaired) electrons. The molecule has 7 nitrogen and oxygen atoms in total. The lowest BCUT2D eigenvalue weighted by Crippen LogP contribution is -2.49. The van der Waals surface area contributed by atoms with Gasteiger partial charge in [-0.2, -0.15) is 5.10 Å². The highest BCUT2D eigenvalue weighted by Gasteiger charge is 2.26. The zero-order valence-corrected chi connectivity index (χ0v) is 17.8. The van der Waals surface area contributed by atoms with E-state index in [0.29, 0.717) is 42.6 Å². The number of para-hydroxylation sites is 1. The number of aromatic nitrogens is 4. The minimum atomic E-state index is -0.0360. The van der Waals surface area contributed by atoms with E-state index in [1.54, 1.807) is 12.1 Å². The third-order valence-electron chi connectivity index (χ3n) is 5.49. The van der Waals surface area contributed by atoms with E-state index in [1.165, 1.54) is 0 Å². The van der Waals surface area contributed by atoms with Gasteiger partial charge in [-0.05, 0) is 31.2 Å². The van der Waals surface area contributed by atoms with Crippen LogP contribution in [-0.2, 0) is 0 Å². The summed E-state index contributed by atoms with van der Waals surface area (Å²) in [5.74, 6) is 1.51. The van der Waals surface area contributed by atoms with Crippen LogP contribution in [0.3, 0.4) is 0 Å². The Hall–Kier alpha value is -3.45. The molecule has 1 aliphatic heterocycles. The number of rotatable bonds is 3. The molecular weight excluding hydrogens is 412 g/mol. The number of hydrogen-bond donors (Lipinski definition) is 0. The molecular formula is C23H21ClN6O. The van der Waals surface area contributed by atoms with Gasteiger partial charge in [0, 0.05) is 26.2 Å². The van der Waals surface area contributed by atoms with Crippen molar-refractivity contribution in [1.29, 1.82) is 0 Å². The summed E-state index contributed by atoms with van der Waals surface area (Å²) in [5, 5.41) is 5.95. The maximum absolute atomic E-state index is 12.9. The van der Waals surface area contributed by atoms with Gasteiger partial charge in [-0.15, -0.1) is 0 Å². The summed E-state index contributed by atoms with van der Waals surface area (Å²) in [6.45, 7) is 4.45. The largest absolute Gasteiger partial charge is 0.352 e. The van der Waals surface area contributed by atoms with E-state index in [0.717, 1.165) is 22.5 Å². The molecule has 156 valence electrons. The zero-order chi connectivity index (χ0) is 21.4. The Bertz CT molecular complexity index is 1250. The number of anilines is 1.